The van der Waals surface area contributed by atoms with Gasteiger partial charge >= 0.3 is 5.97 Å². The Bertz CT molecular complexity index is 917. The lowest BCUT2D eigenvalue weighted by atomic mass is 9.87. The van der Waals surface area contributed by atoms with Gasteiger partial charge in [0.15, 0.2) is 0 Å². The molecule has 4 nitrogen and oxygen atoms in total. The van der Waals surface area contributed by atoms with Gasteiger partial charge in [0, 0.05) is 17.7 Å². The number of nitrogens with zero attached hydrogens (tertiary/aromatic N) is 1. The Kier molecular flexibility index (Phi) is 8.23. The molecule has 4 heteroatoms. The summed E-state index contributed by atoms with van der Waals surface area (Å²) in [6.45, 7) is 10.9. The normalized spacial score (nSPS) is 21.7. The van der Waals surface area contributed by atoms with Gasteiger partial charge in [-0.05, 0) is 81.7 Å². The van der Waals surface area contributed by atoms with Crippen LogP contribution in [-0.2, 0) is 16.0 Å². The van der Waals surface area contributed by atoms with Gasteiger partial charge in [0.25, 0.3) is 0 Å². The monoisotopic (exact) mass is 451 g/mol. The highest BCUT2D eigenvalue weighted by Gasteiger charge is 2.36. The van der Waals surface area contributed by atoms with Crippen LogP contribution in [0, 0.1) is 5.41 Å². The summed E-state index contributed by atoms with van der Waals surface area (Å²) in [7, 11) is 2.28. The third-order valence-corrected chi connectivity index (χ3v) is 6.71. The lowest BCUT2D eigenvalue weighted by Crippen LogP contribution is -2.36. The number of allylic oxidation sites excluding steroid dienone is 4. The Morgan fingerprint density at radius 3 is 2.42 bits per heavy atom. The zero-order valence-electron chi connectivity index (χ0n) is 21.2. The second-order valence-corrected chi connectivity index (χ2v) is 10.6. The van der Waals surface area contributed by atoms with Gasteiger partial charge in [-0.3, -0.25) is 9.69 Å². The van der Waals surface area contributed by atoms with E-state index in [0.29, 0.717) is 12.1 Å². The van der Waals surface area contributed by atoms with Crippen LogP contribution in [-0.4, -0.2) is 41.2 Å². The van der Waals surface area contributed by atoms with Gasteiger partial charge in [0.2, 0.25) is 0 Å². The van der Waals surface area contributed by atoms with Gasteiger partial charge in [0.05, 0.1) is 12.5 Å². The molecule has 3 rings (SSSR count). The minimum absolute atomic E-state index is 0.0418. The number of aliphatic carboxylic acids is 1. The standard InChI is InChI=1S/C29H41NO3/c1-7-22(23-12-10-21(11-13-23)17-28(31)32)18-27(33-20(2)3)25-19-29(4,5)16-8-9-26(25)30(6)24-14-15-24/h7,10-13,18-20,24,26H,8-9,14-17H2,1-6H3,(H,31,32)/b22-7+,27-18+. The zero-order chi connectivity index (χ0) is 24.2. The highest BCUT2D eigenvalue weighted by atomic mass is 16.5. The van der Waals surface area contributed by atoms with E-state index in [1.165, 1.54) is 31.3 Å². The number of hydrogen-bond donors (Lipinski definition) is 1. The molecule has 180 valence electrons. The molecule has 1 atom stereocenters. The average Bonchev–Trinajstić information content (AvgIpc) is 3.58. The number of likely N-dealkylation sites (N-methyl/N-ethyl adjacent to an activating group) is 1. The maximum absolute atomic E-state index is 11.0. The molecule has 2 aliphatic carbocycles. The second kappa shape index (κ2) is 10.7. The van der Waals surface area contributed by atoms with Gasteiger partial charge in [0.1, 0.15) is 5.76 Å². The lowest BCUT2D eigenvalue weighted by molar-refractivity contribution is -0.136. The van der Waals surface area contributed by atoms with E-state index in [2.05, 4.69) is 57.9 Å². The van der Waals surface area contributed by atoms with Gasteiger partial charge in [-0.25, -0.2) is 0 Å². The number of carbonyl (C=O) groups is 1. The van der Waals surface area contributed by atoms with Crippen LogP contribution in [0.5, 0.6) is 0 Å². The van der Waals surface area contributed by atoms with Crippen LogP contribution in [0.3, 0.4) is 0 Å². The van der Waals surface area contributed by atoms with Crippen molar-refractivity contribution in [1.82, 2.24) is 4.90 Å². The summed E-state index contributed by atoms with van der Waals surface area (Å²) < 4.78 is 6.50. The largest absolute Gasteiger partial charge is 0.491 e. The fraction of sp³-hybridized carbons (Fsp3) is 0.552. The molecule has 0 saturated heterocycles. The van der Waals surface area contributed by atoms with Crippen LogP contribution >= 0.6 is 0 Å². The summed E-state index contributed by atoms with van der Waals surface area (Å²) in [5, 5.41) is 9.07. The Hall–Kier alpha value is -2.33. The molecule has 1 aromatic carbocycles. The lowest BCUT2D eigenvalue weighted by Gasteiger charge is -2.32. The van der Waals surface area contributed by atoms with E-state index in [9.17, 15) is 4.79 Å². The molecule has 0 aromatic heterocycles. The number of benzene rings is 1. The number of rotatable bonds is 9. The van der Waals surface area contributed by atoms with Crippen LogP contribution < -0.4 is 0 Å². The first kappa shape index (κ1) is 25.3. The number of hydrogen-bond acceptors (Lipinski definition) is 3. The molecule has 0 spiro atoms. The summed E-state index contributed by atoms with van der Waals surface area (Å²) in [5.41, 5.74) is 4.40. The molecular formula is C29H41NO3. The predicted molar refractivity (Wildman–Crippen MR) is 136 cm³/mol. The van der Waals surface area contributed by atoms with E-state index in [0.717, 1.165) is 28.9 Å². The Balaban J connectivity index is 2.01. The van der Waals surface area contributed by atoms with E-state index >= 15 is 0 Å². The molecule has 0 radical (unpaired) electrons. The van der Waals surface area contributed by atoms with Crippen molar-refractivity contribution in [1.29, 1.82) is 0 Å². The molecular weight excluding hydrogens is 410 g/mol. The van der Waals surface area contributed by atoms with Crippen molar-refractivity contribution in [3.05, 3.63) is 65.0 Å². The third-order valence-electron chi connectivity index (χ3n) is 6.71. The summed E-state index contributed by atoms with van der Waals surface area (Å²) >= 11 is 0. The first-order valence-electron chi connectivity index (χ1n) is 12.4. The van der Waals surface area contributed by atoms with Crippen molar-refractivity contribution in [3.63, 3.8) is 0 Å². The van der Waals surface area contributed by atoms with Crippen molar-refractivity contribution in [2.45, 2.75) is 91.3 Å². The molecule has 33 heavy (non-hydrogen) atoms. The minimum atomic E-state index is -0.810. The van der Waals surface area contributed by atoms with Crippen LogP contribution in [0.2, 0.25) is 0 Å². The van der Waals surface area contributed by atoms with Crippen LogP contribution in [0.1, 0.15) is 77.8 Å². The van der Waals surface area contributed by atoms with Gasteiger partial charge in [-0.15, -0.1) is 0 Å². The Morgan fingerprint density at radius 2 is 1.88 bits per heavy atom. The fourth-order valence-corrected chi connectivity index (χ4v) is 4.79. The molecule has 1 fully saturated rings. The van der Waals surface area contributed by atoms with Gasteiger partial charge < -0.3 is 9.84 Å². The van der Waals surface area contributed by atoms with Crippen LogP contribution in [0.4, 0.5) is 0 Å². The smallest absolute Gasteiger partial charge is 0.307 e. The minimum Gasteiger partial charge on any atom is -0.491 e. The van der Waals surface area contributed by atoms with Crippen LogP contribution in [0.15, 0.2) is 53.8 Å². The SMILES string of the molecule is C/C=C(\C=C(\OC(C)C)C1=CC(C)(C)CCCC1N(C)C1CC1)c1ccc(CC(=O)O)cc1. The van der Waals surface area contributed by atoms with E-state index in [4.69, 9.17) is 9.84 Å². The van der Waals surface area contributed by atoms with E-state index < -0.39 is 5.97 Å². The van der Waals surface area contributed by atoms with Crippen molar-refractivity contribution in [2.24, 2.45) is 5.41 Å². The van der Waals surface area contributed by atoms with Gasteiger partial charge in [-0.2, -0.15) is 0 Å². The van der Waals surface area contributed by atoms with Crippen molar-refractivity contribution in [2.75, 3.05) is 7.05 Å². The third kappa shape index (κ3) is 7.07. The summed E-state index contributed by atoms with van der Waals surface area (Å²) in [4.78, 5) is 13.6. The first-order valence-corrected chi connectivity index (χ1v) is 12.4. The zero-order valence-corrected chi connectivity index (χ0v) is 21.2. The molecule has 1 unspecified atom stereocenters. The summed E-state index contributed by atoms with van der Waals surface area (Å²) in [6, 6.07) is 8.87. The van der Waals surface area contributed by atoms with E-state index in [1.807, 2.05) is 31.2 Å². The quantitative estimate of drug-likeness (QED) is 0.338. The Morgan fingerprint density at radius 1 is 1.21 bits per heavy atom. The second-order valence-electron chi connectivity index (χ2n) is 10.6. The van der Waals surface area contributed by atoms with Crippen molar-refractivity contribution >= 4 is 11.5 Å². The maximum Gasteiger partial charge on any atom is 0.307 e. The molecule has 0 aliphatic heterocycles. The average molecular weight is 452 g/mol. The molecule has 1 aromatic rings. The number of carboxylic acid groups (broad SMARTS) is 1. The van der Waals surface area contributed by atoms with Crippen molar-refractivity contribution < 1.29 is 14.6 Å². The first-order chi connectivity index (χ1) is 15.6. The van der Waals surface area contributed by atoms with Crippen LogP contribution in [0.25, 0.3) is 5.57 Å². The molecule has 0 bridgehead atoms. The molecule has 1 N–H and O–H groups in total. The summed E-state index contributed by atoms with van der Waals surface area (Å²) in [5.74, 6) is 0.149. The summed E-state index contributed by atoms with van der Waals surface area (Å²) in [6.07, 6.45) is 13.0. The fourth-order valence-electron chi connectivity index (χ4n) is 4.79. The van der Waals surface area contributed by atoms with E-state index in [1.54, 1.807) is 0 Å². The molecule has 0 amide bonds. The topological polar surface area (TPSA) is 49.8 Å². The molecule has 1 saturated carbocycles. The Labute approximate surface area is 200 Å². The highest BCUT2D eigenvalue weighted by molar-refractivity contribution is 5.76. The molecule has 0 heterocycles. The number of carboxylic acids is 1. The number of ether oxygens (including phenoxy) is 1. The van der Waals surface area contributed by atoms with Crippen molar-refractivity contribution in [3.8, 4) is 0 Å². The van der Waals surface area contributed by atoms with E-state index in [-0.39, 0.29) is 17.9 Å². The maximum atomic E-state index is 11.0. The van der Waals surface area contributed by atoms with Gasteiger partial charge in [-0.1, -0.05) is 56.7 Å². The molecule has 2 aliphatic rings. The predicted octanol–water partition coefficient (Wildman–Crippen LogP) is 6.63. The highest BCUT2D eigenvalue weighted by Crippen LogP contribution is 2.40.